The Morgan fingerprint density at radius 2 is 0.875 bits per heavy atom. The summed E-state index contributed by atoms with van der Waals surface area (Å²) < 4.78 is 0. The molecule has 2 aromatic rings. The quantitative estimate of drug-likeness (QED) is 0.507. The Morgan fingerprint density at radius 3 is 1.00 bits per heavy atom. The van der Waals surface area contributed by atoms with Gasteiger partial charge in [0.2, 0.25) is 0 Å². The number of hydrogen-bond donors (Lipinski definition) is 0. The smallest absolute Gasteiger partial charge is 0.748 e. The summed E-state index contributed by atoms with van der Waals surface area (Å²) in [6.45, 7) is 0. The Bertz CT molecular complexity index is 187. The van der Waals surface area contributed by atoms with Crippen molar-refractivity contribution in [3.8, 4) is 0 Å². The van der Waals surface area contributed by atoms with E-state index in [0.717, 1.165) is 0 Å². The van der Waals surface area contributed by atoms with E-state index in [9.17, 15) is 0 Å². The van der Waals surface area contributed by atoms with Gasteiger partial charge in [0.1, 0.15) is 11.2 Å². The van der Waals surface area contributed by atoms with Crippen LogP contribution in [0.5, 0.6) is 0 Å². The summed E-state index contributed by atoms with van der Waals surface area (Å²) in [6.07, 6.45) is 0. The van der Waals surface area contributed by atoms with E-state index in [1.165, 1.54) is 0 Å². The maximum absolute atomic E-state index is 7.25. The number of nitrogens with zero attached hydrogens (tertiary/aromatic N) is 2. The third kappa shape index (κ3) is 23.2. The molecule has 0 amide bonds. The normalized spacial score (nSPS) is 5.50. The van der Waals surface area contributed by atoms with E-state index in [-0.39, 0.29) is 39.0 Å². The van der Waals surface area contributed by atoms with Gasteiger partial charge in [0.25, 0.3) is 0 Å². The van der Waals surface area contributed by atoms with Crippen LogP contribution in [0.4, 0.5) is 0 Å². The molecule has 0 fully saturated rings. The largest absolute Gasteiger partial charge is 5.00 e. The van der Waals surface area contributed by atoms with Crippen LogP contribution in [0, 0.1) is 9.81 Å². The number of rotatable bonds is 0. The Hall–Kier alpha value is -0.853. The molecule has 0 atom stereocenters. The molecule has 0 aliphatic carbocycles. The van der Waals surface area contributed by atoms with Gasteiger partial charge in [-0.2, -0.15) is 18.2 Å². The van der Waals surface area contributed by atoms with Gasteiger partial charge in [-0.3, -0.25) is 0 Å². The number of hydrogen-bond acceptors (Lipinski definition) is 2. The molecule has 0 N–H and O–H groups in total. The first-order valence-electron chi connectivity index (χ1n) is 3.70. The fraction of sp³-hybridized carbons (Fsp3) is 0. The van der Waals surface area contributed by atoms with Gasteiger partial charge in [-0.25, -0.2) is 12.1 Å². The van der Waals surface area contributed by atoms with E-state index >= 15 is 0 Å². The molecule has 2 rings (SSSR count). The second-order valence-electron chi connectivity index (χ2n) is 1.92. The summed E-state index contributed by atoms with van der Waals surface area (Å²) in [6, 6.07) is 20.0. The summed E-state index contributed by atoms with van der Waals surface area (Å²) >= 11 is 0. The van der Waals surface area contributed by atoms with Crippen molar-refractivity contribution in [2.75, 3.05) is 0 Å². The molecule has 2 aromatic carbocycles. The topological polar surface area (TPSA) is 78.7 Å². The van der Waals surface area contributed by atoms with Crippen LogP contribution < -0.4 is 11.2 Å². The van der Waals surface area contributed by atoms with Crippen molar-refractivity contribution in [3.05, 3.63) is 70.5 Å². The summed E-state index contributed by atoms with van der Waals surface area (Å²) in [4.78, 5) is 14.5. The van der Waals surface area contributed by atoms with Crippen LogP contribution >= 0.6 is 0 Å². The predicted molar refractivity (Wildman–Crippen MR) is 55.1 cm³/mol. The molecular weight excluding hydrogens is 382 g/mol. The fourth-order valence-electron chi connectivity index (χ4n) is 0.642. The van der Waals surface area contributed by atoms with E-state index in [0.29, 0.717) is 0 Å². The first kappa shape index (κ1) is 24.4. The van der Waals surface area contributed by atoms with Crippen LogP contribution in [0.1, 0.15) is 0 Å². The van der Waals surface area contributed by atoms with Gasteiger partial charge in [-0.1, -0.05) is 0 Å². The minimum absolute atomic E-state index is 0. The van der Waals surface area contributed by atoms with Crippen molar-refractivity contribution >= 4 is 0 Å². The van der Waals surface area contributed by atoms with Gasteiger partial charge in [0.05, 0.1) is 0 Å². The molecule has 0 aliphatic rings. The van der Waals surface area contributed by atoms with Crippen molar-refractivity contribution in [3.63, 3.8) is 0 Å². The van der Waals surface area contributed by atoms with E-state index in [1.807, 2.05) is 60.7 Å². The molecule has 0 spiro atoms. The third-order valence-corrected chi connectivity index (χ3v) is 1.11. The molecule has 84 valence electrons. The van der Waals surface area contributed by atoms with Gasteiger partial charge in [0.15, 0.2) is 0 Å². The Balaban J connectivity index is -0.0000000631. The zero-order valence-corrected chi connectivity index (χ0v) is 11.7. The summed E-state index contributed by atoms with van der Waals surface area (Å²) in [5.41, 5.74) is 11.5. The van der Waals surface area contributed by atoms with Crippen LogP contribution in [0.2, 0.25) is 0 Å². The summed E-state index contributed by atoms with van der Waals surface area (Å²) in [5.74, 6) is 0. The average molecular weight is 392 g/mol. The Morgan fingerprint density at radius 1 is 0.625 bits per heavy atom. The van der Waals surface area contributed by atoms with Gasteiger partial charge in [0, 0.05) is 0 Å². The maximum atomic E-state index is 7.25. The van der Waals surface area contributed by atoms with Gasteiger partial charge in [-0.15, -0.1) is 9.81 Å². The molecule has 4 radical (unpaired) electrons. The minimum Gasteiger partial charge on any atom is -0.748 e. The molecule has 0 aromatic heterocycles. The molecule has 0 saturated heterocycles. The van der Waals surface area contributed by atoms with Crippen LogP contribution in [0.25, 0.3) is 0 Å². The molecule has 4 nitrogen and oxygen atoms in total. The molecule has 0 bridgehead atoms. The molecule has 0 aliphatic heterocycles. The molecule has 0 saturated carbocycles. The monoisotopic (exact) mass is 394 g/mol. The summed E-state index contributed by atoms with van der Waals surface area (Å²) in [7, 11) is 0. The van der Waals surface area contributed by atoms with Crippen LogP contribution in [-0.2, 0) is 39.0 Å². The van der Waals surface area contributed by atoms with Crippen molar-refractivity contribution < 1.29 is 39.0 Å². The maximum Gasteiger partial charge on any atom is 5.00 e. The predicted octanol–water partition coefficient (Wildman–Crippen LogP) is 1.91. The molecule has 0 unspecified atom stereocenters. The van der Waals surface area contributed by atoms with Crippen LogP contribution in [-0.4, -0.2) is 0 Å². The number of nitroso groups, excluding NO2 is 2. The van der Waals surface area contributed by atoms with Crippen molar-refractivity contribution in [2.24, 2.45) is 0 Å². The van der Waals surface area contributed by atoms with E-state index in [4.69, 9.17) is 21.0 Å². The second kappa shape index (κ2) is 29.2. The SMILES string of the molecule is [N]=O.[N]=O.[Ru+5].[Ru+5].[cH-]1[cH-][cH-][cH-][cH-]1.c1cc[cH-]c1. The zero-order chi connectivity index (χ0) is 11.1. The summed E-state index contributed by atoms with van der Waals surface area (Å²) in [5, 5.41) is 0. The average Bonchev–Trinajstić information content (AvgIpc) is 3.01. The van der Waals surface area contributed by atoms with Crippen molar-refractivity contribution in [2.45, 2.75) is 0 Å². The van der Waals surface area contributed by atoms with E-state index < -0.39 is 0 Å². The van der Waals surface area contributed by atoms with Crippen LogP contribution in [0.3, 0.4) is 0 Å². The fourth-order valence-corrected chi connectivity index (χ4v) is 0.642. The van der Waals surface area contributed by atoms with Crippen molar-refractivity contribution in [1.29, 1.82) is 0 Å². The van der Waals surface area contributed by atoms with Crippen LogP contribution in [0.15, 0.2) is 60.7 Å². The second-order valence-corrected chi connectivity index (χ2v) is 1.92. The molecule has 16 heavy (non-hydrogen) atoms. The Kier molecular flexibility index (Phi) is 44.6. The molecule has 0 heterocycles. The van der Waals surface area contributed by atoms with Gasteiger partial charge in [-0.05, 0) is 0 Å². The molecular formula is C10H10N2O2Ru2+4. The Labute approximate surface area is 120 Å². The first-order valence-corrected chi connectivity index (χ1v) is 3.70. The van der Waals surface area contributed by atoms with Gasteiger partial charge < -0.3 is 30.3 Å². The minimum atomic E-state index is 0. The third-order valence-electron chi connectivity index (χ3n) is 1.11. The first-order chi connectivity index (χ1) is 7.00. The molecule has 6 heteroatoms. The van der Waals surface area contributed by atoms with E-state index in [2.05, 4.69) is 0 Å². The zero-order valence-electron chi connectivity index (χ0n) is 8.19. The van der Waals surface area contributed by atoms with Gasteiger partial charge >= 0.3 is 39.0 Å². The van der Waals surface area contributed by atoms with E-state index in [1.54, 1.807) is 0 Å². The van der Waals surface area contributed by atoms with Crippen molar-refractivity contribution in [1.82, 2.24) is 11.2 Å². The standard InChI is InChI=1S/2C5H5.2NO.2Ru/c2*1-2-4-5-3-1;2*1-2;;/h2*1-5H;;;;/q-5;-1;;;2*+5.